The lowest BCUT2D eigenvalue weighted by molar-refractivity contribution is -0.139. The maximum absolute atomic E-state index is 13.1. The number of carbonyl (C=O) groups is 2. The fourth-order valence-corrected chi connectivity index (χ4v) is 3.51. The Labute approximate surface area is 176 Å². The zero-order chi connectivity index (χ0) is 23.6. The number of hydrogen-bond donors (Lipinski definition) is 2. The third-order valence-electron chi connectivity index (χ3n) is 4.39. The molecule has 1 heterocycles. The first kappa shape index (κ1) is 24.2. The van der Waals surface area contributed by atoms with E-state index in [1.807, 2.05) is 0 Å². The van der Waals surface area contributed by atoms with E-state index in [-0.39, 0.29) is 35.7 Å². The molecule has 1 aliphatic rings. The van der Waals surface area contributed by atoms with Crippen molar-refractivity contribution in [3.05, 3.63) is 41.1 Å². The molecular formula is C18H21F3N4O5S. The molecule has 170 valence electrons. The van der Waals surface area contributed by atoms with Gasteiger partial charge in [-0.1, -0.05) is 6.07 Å². The molecule has 0 saturated carbocycles. The number of sulfone groups is 1. The van der Waals surface area contributed by atoms with Crippen molar-refractivity contribution in [2.45, 2.75) is 19.5 Å². The van der Waals surface area contributed by atoms with Crippen molar-refractivity contribution in [2.75, 3.05) is 30.1 Å². The summed E-state index contributed by atoms with van der Waals surface area (Å²) in [6, 6.07) is 2.95. The number of amides is 2. The molecule has 13 heteroatoms. The van der Waals surface area contributed by atoms with Crippen molar-refractivity contribution < 1.29 is 35.9 Å². The van der Waals surface area contributed by atoms with Crippen molar-refractivity contribution in [1.29, 1.82) is 5.41 Å². The highest BCUT2D eigenvalue weighted by molar-refractivity contribution is 7.90. The van der Waals surface area contributed by atoms with Crippen LogP contribution < -0.4 is 10.6 Å². The lowest BCUT2D eigenvalue weighted by Crippen LogP contribution is -2.54. The van der Waals surface area contributed by atoms with E-state index in [0.717, 1.165) is 29.4 Å². The number of benzene rings is 1. The number of nitrogens with zero attached hydrogens (tertiary/aromatic N) is 2. The monoisotopic (exact) mass is 462 g/mol. The Morgan fingerprint density at radius 2 is 1.94 bits per heavy atom. The molecule has 1 aromatic carbocycles. The van der Waals surface area contributed by atoms with Crippen LogP contribution in [0, 0.1) is 5.41 Å². The molecule has 3 N–H and O–H groups in total. The van der Waals surface area contributed by atoms with Crippen LogP contribution in [0.3, 0.4) is 0 Å². The SMILES string of the molecule is CC1=C(C(=O)OCCCS(C)(=O)=O)CN(C(N)=O)C(=N)N1c1cccc(C(F)(F)F)c1. The Balaban J connectivity index is 2.39. The molecule has 0 fully saturated rings. The van der Waals surface area contributed by atoms with E-state index in [1.54, 1.807) is 0 Å². The van der Waals surface area contributed by atoms with E-state index < -0.39 is 46.1 Å². The van der Waals surface area contributed by atoms with E-state index in [1.165, 1.54) is 13.0 Å². The number of rotatable bonds is 6. The molecule has 2 amide bonds. The Bertz CT molecular complexity index is 1040. The van der Waals surface area contributed by atoms with Gasteiger partial charge in [-0.2, -0.15) is 13.2 Å². The number of guanidine groups is 1. The number of hydrogen-bond acceptors (Lipinski definition) is 6. The number of nitrogens with two attached hydrogens (primary N) is 1. The minimum atomic E-state index is -4.64. The van der Waals surface area contributed by atoms with Gasteiger partial charge < -0.3 is 10.5 Å². The number of esters is 1. The first-order chi connectivity index (χ1) is 14.2. The van der Waals surface area contributed by atoms with Crippen molar-refractivity contribution in [3.63, 3.8) is 0 Å². The lowest BCUT2D eigenvalue weighted by Gasteiger charge is -2.37. The molecule has 0 unspecified atom stereocenters. The van der Waals surface area contributed by atoms with Crippen LogP contribution in [-0.2, 0) is 25.5 Å². The molecule has 0 aliphatic carbocycles. The second-order valence-electron chi connectivity index (χ2n) is 6.81. The molecule has 0 radical (unpaired) electrons. The third-order valence-corrected chi connectivity index (χ3v) is 5.42. The largest absolute Gasteiger partial charge is 0.462 e. The summed E-state index contributed by atoms with van der Waals surface area (Å²) in [4.78, 5) is 26.0. The van der Waals surface area contributed by atoms with Crippen LogP contribution in [0.4, 0.5) is 23.7 Å². The smallest absolute Gasteiger partial charge is 0.416 e. The highest BCUT2D eigenvalue weighted by Gasteiger charge is 2.36. The van der Waals surface area contributed by atoms with Gasteiger partial charge in [0.1, 0.15) is 9.84 Å². The molecule has 0 spiro atoms. The summed E-state index contributed by atoms with van der Waals surface area (Å²) < 4.78 is 66.7. The zero-order valence-electron chi connectivity index (χ0n) is 16.7. The lowest BCUT2D eigenvalue weighted by atomic mass is 10.1. The van der Waals surface area contributed by atoms with Crippen LogP contribution in [0.15, 0.2) is 35.5 Å². The van der Waals surface area contributed by atoms with Crippen LogP contribution in [0.1, 0.15) is 18.9 Å². The Hall–Kier alpha value is -3.09. The quantitative estimate of drug-likeness (QED) is 0.491. The summed E-state index contributed by atoms with van der Waals surface area (Å²) in [6.07, 6.45) is -3.56. The summed E-state index contributed by atoms with van der Waals surface area (Å²) in [6.45, 7) is 0.751. The van der Waals surface area contributed by atoms with E-state index >= 15 is 0 Å². The van der Waals surface area contributed by atoms with Gasteiger partial charge in [0.2, 0.25) is 5.96 Å². The van der Waals surface area contributed by atoms with Crippen LogP contribution >= 0.6 is 0 Å². The van der Waals surface area contributed by atoms with Crippen LogP contribution in [0.5, 0.6) is 0 Å². The number of anilines is 1. The van der Waals surface area contributed by atoms with Gasteiger partial charge in [0.05, 0.1) is 30.0 Å². The van der Waals surface area contributed by atoms with E-state index in [0.29, 0.717) is 4.90 Å². The number of urea groups is 1. The highest BCUT2D eigenvalue weighted by Crippen LogP contribution is 2.34. The first-order valence-corrected chi connectivity index (χ1v) is 11.0. The molecule has 2 rings (SSSR count). The molecule has 31 heavy (non-hydrogen) atoms. The van der Waals surface area contributed by atoms with Crippen molar-refractivity contribution in [2.24, 2.45) is 5.73 Å². The Morgan fingerprint density at radius 1 is 1.29 bits per heavy atom. The van der Waals surface area contributed by atoms with Crippen LogP contribution in [-0.4, -0.2) is 56.4 Å². The summed E-state index contributed by atoms with van der Waals surface area (Å²) in [5.74, 6) is -1.63. The van der Waals surface area contributed by atoms with Crippen molar-refractivity contribution in [1.82, 2.24) is 4.90 Å². The second-order valence-corrected chi connectivity index (χ2v) is 9.07. The summed E-state index contributed by atoms with van der Waals surface area (Å²) in [7, 11) is -3.25. The van der Waals surface area contributed by atoms with E-state index in [2.05, 4.69) is 0 Å². The summed E-state index contributed by atoms with van der Waals surface area (Å²) >= 11 is 0. The topological polar surface area (TPSA) is 134 Å². The molecule has 0 atom stereocenters. The van der Waals surface area contributed by atoms with Gasteiger partial charge in [0, 0.05) is 17.6 Å². The average Bonchev–Trinajstić information content (AvgIpc) is 2.64. The summed E-state index contributed by atoms with van der Waals surface area (Å²) in [5, 5.41) is 8.21. The van der Waals surface area contributed by atoms with Gasteiger partial charge in [-0.25, -0.2) is 18.0 Å². The van der Waals surface area contributed by atoms with Crippen LogP contribution in [0.25, 0.3) is 0 Å². The van der Waals surface area contributed by atoms with E-state index in [9.17, 15) is 31.2 Å². The van der Waals surface area contributed by atoms with Crippen molar-refractivity contribution >= 4 is 33.5 Å². The number of primary amides is 1. The highest BCUT2D eigenvalue weighted by atomic mass is 32.2. The number of nitrogens with one attached hydrogen (secondary N) is 1. The molecule has 0 bridgehead atoms. The minimum Gasteiger partial charge on any atom is -0.462 e. The maximum atomic E-state index is 13.1. The molecule has 9 nitrogen and oxygen atoms in total. The predicted octanol–water partition coefficient (Wildman–Crippen LogP) is 2.09. The number of allylic oxidation sites excluding steroid dienone is 1. The first-order valence-electron chi connectivity index (χ1n) is 8.90. The molecular weight excluding hydrogens is 441 g/mol. The van der Waals surface area contributed by atoms with Gasteiger partial charge in [0.25, 0.3) is 0 Å². The number of ether oxygens (including phenoxy) is 1. The van der Waals surface area contributed by atoms with Gasteiger partial charge in [0.15, 0.2) is 0 Å². The third kappa shape index (κ3) is 5.96. The second kappa shape index (κ2) is 8.96. The fraction of sp³-hybridized carbons (Fsp3) is 0.389. The van der Waals surface area contributed by atoms with Gasteiger partial charge in [-0.3, -0.25) is 15.2 Å². The molecule has 0 aromatic heterocycles. The molecule has 0 saturated heterocycles. The fourth-order valence-electron chi connectivity index (χ4n) is 2.87. The number of halogens is 3. The van der Waals surface area contributed by atoms with E-state index in [4.69, 9.17) is 15.9 Å². The number of carbonyl (C=O) groups excluding carboxylic acids is 2. The number of alkyl halides is 3. The minimum absolute atomic E-state index is 0.0452. The standard InChI is InChI=1S/C18H21F3N4O5S/c1-11-14(15(26)30-7-4-8-31(2,28)29)10-24(17(23)27)16(22)25(11)13-6-3-5-12(9-13)18(19,20)21/h3,5-6,9,22H,4,7-8,10H2,1-2H3,(H2,23,27). The van der Waals surface area contributed by atoms with Crippen LogP contribution in [0.2, 0.25) is 0 Å². The average molecular weight is 462 g/mol. The normalized spacial score (nSPS) is 15.3. The maximum Gasteiger partial charge on any atom is 0.416 e. The predicted molar refractivity (Wildman–Crippen MR) is 106 cm³/mol. The molecule has 1 aromatic rings. The van der Waals surface area contributed by atoms with Gasteiger partial charge in [-0.05, 0) is 31.5 Å². The molecule has 1 aliphatic heterocycles. The Kier molecular flexibility index (Phi) is 6.99. The summed E-state index contributed by atoms with van der Waals surface area (Å²) in [5.41, 5.74) is 4.16. The zero-order valence-corrected chi connectivity index (χ0v) is 17.5. The van der Waals surface area contributed by atoms with Gasteiger partial charge in [-0.15, -0.1) is 0 Å². The Morgan fingerprint density at radius 3 is 2.48 bits per heavy atom. The van der Waals surface area contributed by atoms with Crippen molar-refractivity contribution in [3.8, 4) is 0 Å². The van der Waals surface area contributed by atoms with Gasteiger partial charge >= 0.3 is 18.2 Å².